The van der Waals surface area contributed by atoms with Crippen LogP contribution in [0, 0.1) is 5.92 Å². The molecule has 0 N–H and O–H groups in total. The number of esters is 1. The van der Waals surface area contributed by atoms with Crippen LogP contribution in [-0.2, 0) is 6.42 Å². The molecule has 1 aliphatic carbocycles. The molecule has 0 aromatic heterocycles. The van der Waals surface area contributed by atoms with Crippen LogP contribution in [0.3, 0.4) is 0 Å². The van der Waals surface area contributed by atoms with Gasteiger partial charge in [0, 0.05) is 0 Å². The highest BCUT2D eigenvalue weighted by molar-refractivity contribution is 5.91. The van der Waals surface area contributed by atoms with E-state index in [4.69, 9.17) is 4.74 Å². The van der Waals surface area contributed by atoms with E-state index in [9.17, 15) is 4.79 Å². The van der Waals surface area contributed by atoms with Gasteiger partial charge in [-0.25, -0.2) is 4.79 Å². The first-order valence-electron chi connectivity index (χ1n) is 12.8. The van der Waals surface area contributed by atoms with Crippen LogP contribution in [0.1, 0.15) is 106 Å². The van der Waals surface area contributed by atoms with Crippen LogP contribution in [0.15, 0.2) is 54.6 Å². The fourth-order valence-corrected chi connectivity index (χ4v) is 4.63. The molecule has 0 amide bonds. The number of ether oxygens (including phenoxy) is 1. The number of carbonyl (C=O) groups excluding carboxylic acids is 1. The predicted octanol–water partition coefficient (Wildman–Crippen LogP) is 8.79. The van der Waals surface area contributed by atoms with Gasteiger partial charge in [-0.05, 0) is 72.6 Å². The highest BCUT2D eigenvalue weighted by Crippen LogP contribution is 2.33. The number of hydrogen-bond donors (Lipinski definition) is 0. The lowest BCUT2D eigenvalue weighted by Gasteiger charge is -2.22. The lowest BCUT2D eigenvalue weighted by atomic mass is 9.83. The summed E-state index contributed by atoms with van der Waals surface area (Å²) in [6.07, 6.45) is 17.9. The lowest BCUT2D eigenvalue weighted by molar-refractivity contribution is 0.0734. The normalized spacial score (nSPS) is 15.9. The maximum absolute atomic E-state index is 12.5. The van der Waals surface area contributed by atoms with E-state index in [0.717, 1.165) is 25.2 Å². The second kappa shape index (κ2) is 13.3. The smallest absolute Gasteiger partial charge is 0.343 e. The zero-order valence-electron chi connectivity index (χ0n) is 20.1. The van der Waals surface area contributed by atoms with Gasteiger partial charge < -0.3 is 4.74 Å². The van der Waals surface area contributed by atoms with Gasteiger partial charge in [0.15, 0.2) is 0 Å². The van der Waals surface area contributed by atoms with Gasteiger partial charge in [0.25, 0.3) is 0 Å². The van der Waals surface area contributed by atoms with Crippen LogP contribution in [0.4, 0.5) is 0 Å². The van der Waals surface area contributed by atoms with Crippen molar-refractivity contribution in [2.75, 3.05) is 0 Å². The summed E-state index contributed by atoms with van der Waals surface area (Å²) in [5.41, 5.74) is 4.54. The zero-order valence-corrected chi connectivity index (χ0v) is 20.1. The molecule has 2 heteroatoms. The van der Waals surface area contributed by atoms with Crippen LogP contribution in [0.25, 0.3) is 5.57 Å². The monoisotopic (exact) mass is 432 g/mol. The molecule has 2 aromatic rings. The Labute approximate surface area is 195 Å². The van der Waals surface area contributed by atoms with Crippen LogP contribution in [-0.4, -0.2) is 5.97 Å². The Morgan fingerprint density at radius 2 is 1.59 bits per heavy atom. The Balaban J connectivity index is 1.45. The van der Waals surface area contributed by atoms with Crippen molar-refractivity contribution >= 4 is 11.5 Å². The number of carbonyl (C=O) groups is 1. The van der Waals surface area contributed by atoms with E-state index < -0.39 is 0 Å². The van der Waals surface area contributed by atoms with Gasteiger partial charge in [0.1, 0.15) is 5.75 Å². The first-order chi connectivity index (χ1) is 15.7. The summed E-state index contributed by atoms with van der Waals surface area (Å²) in [4.78, 5) is 12.5. The molecular formula is C30H40O2. The summed E-state index contributed by atoms with van der Waals surface area (Å²) in [7, 11) is 0. The van der Waals surface area contributed by atoms with Crippen molar-refractivity contribution in [2.24, 2.45) is 5.92 Å². The van der Waals surface area contributed by atoms with Gasteiger partial charge >= 0.3 is 5.97 Å². The number of hydrogen-bond acceptors (Lipinski definition) is 2. The molecule has 2 aromatic carbocycles. The first-order valence-corrected chi connectivity index (χ1v) is 12.8. The van der Waals surface area contributed by atoms with Gasteiger partial charge in [0.05, 0.1) is 5.56 Å². The molecule has 0 bridgehead atoms. The molecule has 172 valence electrons. The third-order valence-electron chi connectivity index (χ3n) is 6.65. The molecule has 0 saturated heterocycles. The quantitative estimate of drug-likeness (QED) is 0.190. The summed E-state index contributed by atoms with van der Waals surface area (Å²) in [5.74, 6) is 1.16. The summed E-state index contributed by atoms with van der Waals surface area (Å²) in [6.45, 7) is 4.44. The van der Waals surface area contributed by atoms with E-state index >= 15 is 0 Å². The van der Waals surface area contributed by atoms with Gasteiger partial charge in [-0.2, -0.15) is 0 Å². The minimum atomic E-state index is -0.295. The third-order valence-corrected chi connectivity index (χ3v) is 6.65. The van der Waals surface area contributed by atoms with Gasteiger partial charge in [-0.1, -0.05) is 95.6 Å². The molecular weight excluding hydrogens is 392 g/mol. The molecule has 3 rings (SSSR count). The lowest BCUT2D eigenvalue weighted by Crippen LogP contribution is -2.09. The molecule has 0 saturated carbocycles. The molecule has 0 spiro atoms. The number of aryl methyl sites for hydroxylation is 1. The molecule has 0 aliphatic heterocycles. The number of rotatable bonds is 12. The molecule has 0 heterocycles. The summed E-state index contributed by atoms with van der Waals surface area (Å²) in [6, 6.07) is 15.8. The van der Waals surface area contributed by atoms with Crippen molar-refractivity contribution in [1.29, 1.82) is 0 Å². The average molecular weight is 433 g/mol. The highest BCUT2D eigenvalue weighted by atomic mass is 16.5. The predicted molar refractivity (Wildman–Crippen MR) is 135 cm³/mol. The number of benzene rings is 2. The van der Waals surface area contributed by atoms with Crippen molar-refractivity contribution in [3.8, 4) is 5.75 Å². The Hall–Kier alpha value is -2.35. The van der Waals surface area contributed by atoms with E-state index in [2.05, 4.69) is 32.1 Å². The SMILES string of the molecule is CCCCCCCCC1CC=C(c2ccc(C(=O)Oc3ccc(CCC)cc3)cc2)CC1. The van der Waals surface area contributed by atoms with Gasteiger partial charge in [0.2, 0.25) is 0 Å². The second-order valence-electron chi connectivity index (χ2n) is 9.29. The molecule has 32 heavy (non-hydrogen) atoms. The van der Waals surface area contributed by atoms with Gasteiger partial charge in [-0.3, -0.25) is 0 Å². The van der Waals surface area contributed by atoms with Crippen LogP contribution < -0.4 is 4.74 Å². The maximum Gasteiger partial charge on any atom is 0.343 e. The average Bonchev–Trinajstić information content (AvgIpc) is 2.83. The fourth-order valence-electron chi connectivity index (χ4n) is 4.63. The van der Waals surface area contributed by atoms with Gasteiger partial charge in [-0.15, -0.1) is 0 Å². The van der Waals surface area contributed by atoms with Crippen molar-refractivity contribution in [2.45, 2.75) is 90.9 Å². The van der Waals surface area contributed by atoms with E-state index in [1.165, 1.54) is 74.5 Å². The maximum atomic E-state index is 12.5. The summed E-state index contributed by atoms with van der Waals surface area (Å²) < 4.78 is 5.55. The molecule has 0 fully saturated rings. The topological polar surface area (TPSA) is 26.3 Å². The molecule has 1 atom stereocenters. The van der Waals surface area contributed by atoms with Crippen molar-refractivity contribution < 1.29 is 9.53 Å². The van der Waals surface area contributed by atoms with Crippen LogP contribution in [0.5, 0.6) is 5.75 Å². The largest absolute Gasteiger partial charge is 0.423 e. The molecule has 1 unspecified atom stereocenters. The van der Waals surface area contributed by atoms with Crippen LogP contribution >= 0.6 is 0 Å². The van der Waals surface area contributed by atoms with E-state index in [0.29, 0.717) is 11.3 Å². The number of unbranched alkanes of at least 4 members (excludes halogenated alkanes) is 5. The second-order valence-corrected chi connectivity index (χ2v) is 9.29. The summed E-state index contributed by atoms with van der Waals surface area (Å²) >= 11 is 0. The van der Waals surface area contributed by atoms with Crippen molar-refractivity contribution in [3.05, 3.63) is 71.3 Å². The zero-order chi connectivity index (χ0) is 22.6. The highest BCUT2D eigenvalue weighted by Gasteiger charge is 2.16. The number of allylic oxidation sites excluding steroid dienone is 2. The Kier molecular flexibility index (Phi) is 10.1. The minimum absolute atomic E-state index is 0.295. The minimum Gasteiger partial charge on any atom is -0.423 e. The first kappa shape index (κ1) is 24.3. The Morgan fingerprint density at radius 1 is 0.875 bits per heavy atom. The Morgan fingerprint density at radius 3 is 2.25 bits per heavy atom. The standard InChI is InChI=1S/C30H40O2/c1-3-5-6-7-8-9-11-25-12-16-26(17-13-25)27-18-20-28(21-19-27)30(31)32-29-22-14-24(10-4-2)15-23-29/h14-16,18-23,25H,3-13,17H2,1-2H3. The fraction of sp³-hybridized carbons (Fsp3) is 0.500. The van der Waals surface area contributed by atoms with E-state index in [1.807, 2.05) is 36.4 Å². The van der Waals surface area contributed by atoms with Crippen molar-refractivity contribution in [3.63, 3.8) is 0 Å². The van der Waals surface area contributed by atoms with E-state index in [-0.39, 0.29) is 5.97 Å². The molecule has 2 nitrogen and oxygen atoms in total. The van der Waals surface area contributed by atoms with E-state index in [1.54, 1.807) is 0 Å². The third kappa shape index (κ3) is 7.65. The Bertz CT molecular complexity index is 845. The van der Waals surface area contributed by atoms with Crippen LogP contribution in [0.2, 0.25) is 0 Å². The molecule has 0 radical (unpaired) electrons. The van der Waals surface area contributed by atoms with Crippen molar-refractivity contribution in [1.82, 2.24) is 0 Å². The summed E-state index contributed by atoms with van der Waals surface area (Å²) in [5, 5.41) is 0. The molecule has 1 aliphatic rings.